The Balaban J connectivity index is 1.60. The number of carbonyl (C=O) groups excluding carboxylic acids is 1. The van der Waals surface area contributed by atoms with Crippen molar-refractivity contribution in [3.05, 3.63) is 0 Å². The van der Waals surface area contributed by atoms with Crippen LogP contribution >= 0.6 is 0 Å². The fourth-order valence-electron chi connectivity index (χ4n) is 3.38. The minimum atomic E-state index is 0.249. The van der Waals surface area contributed by atoms with E-state index in [1.165, 1.54) is 25.8 Å². The van der Waals surface area contributed by atoms with Gasteiger partial charge in [-0.2, -0.15) is 0 Å². The zero-order chi connectivity index (χ0) is 14.4. The van der Waals surface area contributed by atoms with Crippen LogP contribution in [0, 0.1) is 11.8 Å². The molecule has 0 aromatic rings. The van der Waals surface area contributed by atoms with Crippen molar-refractivity contribution in [2.24, 2.45) is 11.8 Å². The van der Waals surface area contributed by atoms with Gasteiger partial charge in [-0.25, -0.2) is 0 Å². The molecular formula is C16H31N3O. The number of likely N-dealkylation sites (tertiary alicyclic amines) is 1. The van der Waals surface area contributed by atoms with E-state index in [0.29, 0.717) is 24.3 Å². The lowest BCUT2D eigenvalue weighted by Gasteiger charge is -2.35. The second-order valence-corrected chi connectivity index (χ2v) is 6.80. The number of piperidine rings is 1. The van der Waals surface area contributed by atoms with Crippen molar-refractivity contribution in [3.63, 3.8) is 0 Å². The molecule has 2 aliphatic heterocycles. The Hall–Kier alpha value is -0.610. The molecule has 0 saturated carbocycles. The summed E-state index contributed by atoms with van der Waals surface area (Å²) in [5, 5.41) is 6.51. The highest BCUT2D eigenvalue weighted by Gasteiger charge is 2.22. The molecule has 0 spiro atoms. The third-order valence-electron chi connectivity index (χ3n) is 4.81. The third kappa shape index (κ3) is 5.06. The van der Waals surface area contributed by atoms with Crippen LogP contribution in [-0.4, -0.2) is 49.6 Å². The van der Waals surface area contributed by atoms with Crippen molar-refractivity contribution >= 4 is 5.91 Å². The van der Waals surface area contributed by atoms with Crippen LogP contribution < -0.4 is 10.6 Å². The lowest BCUT2D eigenvalue weighted by molar-refractivity contribution is -0.121. The molecule has 2 N–H and O–H groups in total. The molecule has 0 aromatic heterocycles. The van der Waals surface area contributed by atoms with Gasteiger partial charge in [-0.15, -0.1) is 0 Å². The minimum absolute atomic E-state index is 0.249. The topological polar surface area (TPSA) is 44.4 Å². The zero-order valence-electron chi connectivity index (χ0n) is 13.2. The first-order valence-corrected chi connectivity index (χ1v) is 8.36. The van der Waals surface area contributed by atoms with E-state index < -0.39 is 0 Å². The summed E-state index contributed by atoms with van der Waals surface area (Å²) in [6.45, 7) is 9.97. The quantitative estimate of drug-likeness (QED) is 0.777. The Morgan fingerprint density at radius 1 is 1.35 bits per heavy atom. The Morgan fingerprint density at radius 3 is 2.90 bits per heavy atom. The Kier molecular flexibility index (Phi) is 6.30. The van der Waals surface area contributed by atoms with Gasteiger partial charge in [0.15, 0.2) is 0 Å². The fraction of sp³-hybridized carbons (Fsp3) is 0.938. The summed E-state index contributed by atoms with van der Waals surface area (Å²) >= 11 is 0. The average molecular weight is 281 g/mol. The van der Waals surface area contributed by atoms with E-state index in [1.54, 1.807) is 0 Å². The van der Waals surface area contributed by atoms with Crippen molar-refractivity contribution in [3.8, 4) is 0 Å². The van der Waals surface area contributed by atoms with Gasteiger partial charge in [-0.1, -0.05) is 0 Å². The SMILES string of the molecule is CC(C)N1CCCC(CNC(=O)CCC2CCNC2)C1. The summed E-state index contributed by atoms with van der Waals surface area (Å²) in [6.07, 6.45) is 5.51. The second kappa shape index (κ2) is 7.99. The van der Waals surface area contributed by atoms with Gasteiger partial charge < -0.3 is 15.5 Å². The number of carbonyl (C=O) groups is 1. The molecule has 1 amide bonds. The molecule has 20 heavy (non-hydrogen) atoms. The normalized spacial score (nSPS) is 27.9. The molecule has 0 aliphatic carbocycles. The maximum atomic E-state index is 11.9. The smallest absolute Gasteiger partial charge is 0.220 e. The number of hydrogen-bond donors (Lipinski definition) is 2. The van der Waals surface area contributed by atoms with Crippen LogP contribution in [0.3, 0.4) is 0 Å². The van der Waals surface area contributed by atoms with E-state index in [-0.39, 0.29) is 5.91 Å². The molecule has 0 bridgehead atoms. The van der Waals surface area contributed by atoms with E-state index in [0.717, 1.165) is 32.6 Å². The number of rotatable bonds is 6. The summed E-state index contributed by atoms with van der Waals surface area (Å²) in [5.41, 5.74) is 0. The Labute approximate surface area is 123 Å². The molecular weight excluding hydrogens is 250 g/mol. The molecule has 116 valence electrons. The van der Waals surface area contributed by atoms with Crippen molar-refractivity contribution in [1.82, 2.24) is 15.5 Å². The fourth-order valence-corrected chi connectivity index (χ4v) is 3.38. The van der Waals surface area contributed by atoms with E-state index in [2.05, 4.69) is 29.4 Å². The highest BCUT2D eigenvalue weighted by molar-refractivity contribution is 5.75. The van der Waals surface area contributed by atoms with Gasteiger partial charge in [0.1, 0.15) is 0 Å². The number of nitrogens with one attached hydrogen (secondary N) is 2. The molecule has 0 aromatic carbocycles. The van der Waals surface area contributed by atoms with Crippen LogP contribution in [0.15, 0.2) is 0 Å². The minimum Gasteiger partial charge on any atom is -0.356 e. The lowest BCUT2D eigenvalue weighted by atomic mass is 9.96. The molecule has 2 saturated heterocycles. The molecule has 0 radical (unpaired) electrons. The van der Waals surface area contributed by atoms with Crippen molar-refractivity contribution in [2.45, 2.75) is 52.0 Å². The number of amides is 1. The van der Waals surface area contributed by atoms with E-state index in [9.17, 15) is 4.79 Å². The van der Waals surface area contributed by atoms with Crippen molar-refractivity contribution in [1.29, 1.82) is 0 Å². The van der Waals surface area contributed by atoms with E-state index >= 15 is 0 Å². The summed E-state index contributed by atoms with van der Waals surface area (Å²) in [7, 11) is 0. The van der Waals surface area contributed by atoms with Crippen LogP contribution in [0.1, 0.15) is 46.0 Å². The van der Waals surface area contributed by atoms with E-state index in [1.807, 2.05) is 0 Å². The molecule has 2 unspecified atom stereocenters. The summed E-state index contributed by atoms with van der Waals surface area (Å²) in [5.74, 6) is 1.61. The highest BCUT2D eigenvalue weighted by Crippen LogP contribution is 2.18. The van der Waals surface area contributed by atoms with Crippen LogP contribution in [0.25, 0.3) is 0 Å². The first-order chi connectivity index (χ1) is 9.65. The Morgan fingerprint density at radius 2 is 2.20 bits per heavy atom. The van der Waals surface area contributed by atoms with Crippen LogP contribution in [0.5, 0.6) is 0 Å². The lowest BCUT2D eigenvalue weighted by Crippen LogP contribution is -2.43. The molecule has 4 heteroatoms. The predicted molar refractivity (Wildman–Crippen MR) is 82.7 cm³/mol. The molecule has 2 rings (SSSR count). The van der Waals surface area contributed by atoms with Gasteiger partial charge >= 0.3 is 0 Å². The van der Waals surface area contributed by atoms with Gasteiger partial charge in [-0.05, 0) is 71.0 Å². The monoisotopic (exact) mass is 281 g/mol. The number of hydrogen-bond acceptors (Lipinski definition) is 3. The summed E-state index contributed by atoms with van der Waals surface area (Å²) in [4.78, 5) is 14.4. The van der Waals surface area contributed by atoms with Gasteiger partial charge in [0.2, 0.25) is 5.91 Å². The molecule has 4 nitrogen and oxygen atoms in total. The van der Waals surface area contributed by atoms with Gasteiger partial charge in [-0.3, -0.25) is 4.79 Å². The molecule has 2 aliphatic rings. The van der Waals surface area contributed by atoms with Gasteiger partial charge in [0, 0.05) is 25.6 Å². The molecule has 2 heterocycles. The van der Waals surface area contributed by atoms with Gasteiger partial charge in [0.05, 0.1) is 0 Å². The predicted octanol–water partition coefficient (Wildman–Crippen LogP) is 1.61. The third-order valence-corrected chi connectivity index (χ3v) is 4.81. The maximum absolute atomic E-state index is 11.9. The molecule has 2 atom stereocenters. The van der Waals surface area contributed by atoms with Crippen LogP contribution in [0.2, 0.25) is 0 Å². The Bertz CT molecular complexity index is 300. The first kappa shape index (κ1) is 15.8. The van der Waals surface area contributed by atoms with Crippen LogP contribution in [0.4, 0.5) is 0 Å². The van der Waals surface area contributed by atoms with Crippen molar-refractivity contribution < 1.29 is 4.79 Å². The van der Waals surface area contributed by atoms with Crippen LogP contribution in [-0.2, 0) is 4.79 Å². The molecule has 2 fully saturated rings. The maximum Gasteiger partial charge on any atom is 0.220 e. The second-order valence-electron chi connectivity index (χ2n) is 6.80. The first-order valence-electron chi connectivity index (χ1n) is 8.36. The number of nitrogens with zero attached hydrogens (tertiary/aromatic N) is 1. The zero-order valence-corrected chi connectivity index (χ0v) is 13.2. The average Bonchev–Trinajstić information content (AvgIpc) is 2.96. The summed E-state index contributed by atoms with van der Waals surface area (Å²) < 4.78 is 0. The summed E-state index contributed by atoms with van der Waals surface area (Å²) in [6, 6.07) is 0.628. The standard InChI is InChI=1S/C16H31N3O/c1-13(2)19-9-3-4-15(12-19)11-18-16(20)6-5-14-7-8-17-10-14/h13-15,17H,3-12H2,1-2H3,(H,18,20). The van der Waals surface area contributed by atoms with Crippen molar-refractivity contribution in [2.75, 3.05) is 32.7 Å². The largest absolute Gasteiger partial charge is 0.356 e. The van der Waals surface area contributed by atoms with Gasteiger partial charge in [0.25, 0.3) is 0 Å². The van der Waals surface area contributed by atoms with E-state index in [4.69, 9.17) is 0 Å². The highest BCUT2D eigenvalue weighted by atomic mass is 16.1.